The Balaban J connectivity index is 2.02. The molecule has 0 fully saturated rings. The maximum atomic E-state index is 5.54. The quantitative estimate of drug-likeness (QED) is 0.580. The third-order valence-electron chi connectivity index (χ3n) is 3.84. The highest BCUT2D eigenvalue weighted by atomic mass is 16.5. The summed E-state index contributed by atoms with van der Waals surface area (Å²) in [5, 5.41) is 8.79. The number of benzene rings is 1. The van der Waals surface area contributed by atoms with Crippen molar-refractivity contribution in [3.63, 3.8) is 0 Å². The molecule has 3 aromatic heterocycles. The Hall–Kier alpha value is -3.28. The van der Waals surface area contributed by atoms with Gasteiger partial charge in [0, 0.05) is 22.7 Å². The van der Waals surface area contributed by atoms with Gasteiger partial charge in [-0.05, 0) is 30.7 Å². The number of pyridine rings is 2. The second kappa shape index (κ2) is 5.73. The first-order valence-electron chi connectivity index (χ1n) is 7.52. The predicted octanol–water partition coefficient (Wildman–Crippen LogP) is 3.19. The molecule has 1 aromatic carbocycles. The molecule has 6 heteroatoms. The number of nitrogens with zero attached hydrogens (tertiary/aromatic N) is 5. The van der Waals surface area contributed by atoms with E-state index in [-0.39, 0.29) is 0 Å². The van der Waals surface area contributed by atoms with E-state index in [2.05, 4.69) is 32.3 Å². The lowest BCUT2D eigenvalue weighted by molar-refractivity contribution is 0.401. The molecule has 6 nitrogen and oxygen atoms in total. The van der Waals surface area contributed by atoms with E-state index < -0.39 is 0 Å². The highest BCUT2D eigenvalue weighted by molar-refractivity contribution is 5.88. The summed E-state index contributed by atoms with van der Waals surface area (Å²) in [6.45, 7) is 2.01. The van der Waals surface area contributed by atoms with E-state index in [0.29, 0.717) is 5.88 Å². The van der Waals surface area contributed by atoms with Crippen molar-refractivity contribution in [3.8, 4) is 22.8 Å². The van der Waals surface area contributed by atoms with E-state index in [1.54, 1.807) is 24.3 Å². The minimum absolute atomic E-state index is 0.565. The zero-order chi connectivity index (χ0) is 16.5. The van der Waals surface area contributed by atoms with Gasteiger partial charge in [-0.25, -0.2) is 9.97 Å². The van der Waals surface area contributed by atoms with Crippen LogP contribution in [0, 0.1) is 6.92 Å². The van der Waals surface area contributed by atoms with Gasteiger partial charge in [0.2, 0.25) is 5.88 Å². The number of para-hydroxylation sites is 1. The summed E-state index contributed by atoms with van der Waals surface area (Å²) in [6.07, 6.45) is 5.07. The van der Waals surface area contributed by atoms with E-state index in [4.69, 9.17) is 4.74 Å². The number of fused-ring (bicyclic) bond motifs is 1. The van der Waals surface area contributed by atoms with Crippen molar-refractivity contribution in [1.29, 1.82) is 0 Å². The van der Waals surface area contributed by atoms with E-state index >= 15 is 0 Å². The van der Waals surface area contributed by atoms with Gasteiger partial charge in [-0.3, -0.25) is 4.57 Å². The molecule has 0 amide bonds. The van der Waals surface area contributed by atoms with Crippen LogP contribution in [0.4, 0.5) is 0 Å². The molecule has 24 heavy (non-hydrogen) atoms. The second-order valence-corrected chi connectivity index (χ2v) is 5.49. The zero-order valence-corrected chi connectivity index (χ0v) is 13.3. The van der Waals surface area contributed by atoms with Gasteiger partial charge >= 0.3 is 0 Å². The van der Waals surface area contributed by atoms with Gasteiger partial charge in [0.25, 0.3) is 0 Å². The minimum atomic E-state index is 0.565. The molecule has 0 radical (unpaired) electrons. The Morgan fingerprint density at radius 1 is 1.00 bits per heavy atom. The van der Waals surface area contributed by atoms with Gasteiger partial charge in [0.15, 0.2) is 0 Å². The normalized spacial score (nSPS) is 10.9. The summed E-state index contributed by atoms with van der Waals surface area (Å²) in [5.41, 5.74) is 3.75. The lowest BCUT2D eigenvalue weighted by atomic mass is 10.0. The van der Waals surface area contributed by atoms with Crippen LogP contribution >= 0.6 is 0 Å². The molecule has 0 bridgehead atoms. The lowest BCUT2D eigenvalue weighted by Crippen LogP contribution is -2.01. The number of aromatic nitrogens is 5. The topological polar surface area (TPSA) is 65.7 Å². The Kier molecular flexibility index (Phi) is 3.42. The summed E-state index contributed by atoms with van der Waals surface area (Å²) in [5.74, 6) is 1.30. The second-order valence-electron chi connectivity index (χ2n) is 5.49. The number of aryl methyl sites for hydroxylation is 1. The summed E-state index contributed by atoms with van der Waals surface area (Å²) in [6, 6.07) is 12.1. The van der Waals surface area contributed by atoms with Crippen molar-refractivity contribution in [2.45, 2.75) is 6.92 Å². The van der Waals surface area contributed by atoms with Crippen LogP contribution in [0.5, 0.6) is 5.88 Å². The van der Waals surface area contributed by atoms with Gasteiger partial charge in [0.1, 0.15) is 18.5 Å². The zero-order valence-electron chi connectivity index (χ0n) is 13.3. The van der Waals surface area contributed by atoms with Gasteiger partial charge in [-0.1, -0.05) is 18.2 Å². The molecule has 0 saturated carbocycles. The summed E-state index contributed by atoms with van der Waals surface area (Å²) < 4.78 is 7.32. The van der Waals surface area contributed by atoms with Gasteiger partial charge < -0.3 is 4.74 Å². The minimum Gasteiger partial charge on any atom is -0.481 e. The molecule has 0 saturated heterocycles. The van der Waals surface area contributed by atoms with Crippen molar-refractivity contribution in [1.82, 2.24) is 24.7 Å². The molecule has 0 aliphatic carbocycles. The van der Waals surface area contributed by atoms with Crippen molar-refractivity contribution in [2.75, 3.05) is 7.11 Å². The third kappa shape index (κ3) is 2.38. The Labute approximate surface area is 138 Å². The molecular weight excluding hydrogens is 302 g/mol. The molecule has 0 atom stereocenters. The number of rotatable bonds is 3. The molecule has 0 N–H and O–H groups in total. The van der Waals surface area contributed by atoms with Crippen LogP contribution in [0.1, 0.15) is 5.56 Å². The van der Waals surface area contributed by atoms with Crippen molar-refractivity contribution in [2.24, 2.45) is 0 Å². The average molecular weight is 317 g/mol. The van der Waals surface area contributed by atoms with E-state index in [9.17, 15) is 0 Å². The maximum absolute atomic E-state index is 5.54. The number of methoxy groups -OCH3 is 1. The first-order valence-corrected chi connectivity index (χ1v) is 7.52. The lowest BCUT2D eigenvalue weighted by Gasteiger charge is -2.13. The standard InChI is InChI=1S/C18H15N5O/c1-12-7-14(17(19-9-12)23-10-20-21-11-23)15-8-13-5-3-4-6-16(13)22-18(15)24-2/h3-11H,1-2H3. The molecule has 4 aromatic rings. The molecule has 4 rings (SSSR count). The van der Waals surface area contributed by atoms with Crippen LogP contribution in [0.2, 0.25) is 0 Å². The van der Waals surface area contributed by atoms with Crippen LogP contribution < -0.4 is 4.74 Å². The highest BCUT2D eigenvalue weighted by Gasteiger charge is 2.16. The Morgan fingerprint density at radius 3 is 2.58 bits per heavy atom. The molecule has 0 unspecified atom stereocenters. The maximum Gasteiger partial charge on any atom is 0.221 e. The Bertz CT molecular complexity index is 1010. The van der Waals surface area contributed by atoms with Gasteiger partial charge in [-0.2, -0.15) is 0 Å². The number of ether oxygens (including phenoxy) is 1. The van der Waals surface area contributed by atoms with Crippen molar-refractivity contribution < 1.29 is 4.74 Å². The molecule has 3 heterocycles. The van der Waals surface area contributed by atoms with E-state index in [1.165, 1.54) is 0 Å². The van der Waals surface area contributed by atoms with Crippen molar-refractivity contribution in [3.05, 3.63) is 60.8 Å². The molecular formula is C18H15N5O. The molecule has 0 aliphatic rings. The van der Waals surface area contributed by atoms with Crippen LogP contribution in [0.15, 0.2) is 55.2 Å². The Morgan fingerprint density at radius 2 is 1.79 bits per heavy atom. The van der Waals surface area contributed by atoms with E-state index in [0.717, 1.165) is 33.4 Å². The fourth-order valence-corrected chi connectivity index (χ4v) is 2.72. The van der Waals surface area contributed by atoms with Gasteiger partial charge in [-0.15, -0.1) is 10.2 Å². The summed E-state index contributed by atoms with van der Waals surface area (Å²) in [4.78, 5) is 9.18. The summed E-state index contributed by atoms with van der Waals surface area (Å²) >= 11 is 0. The first kappa shape index (κ1) is 14.3. The van der Waals surface area contributed by atoms with Crippen LogP contribution in [-0.4, -0.2) is 31.8 Å². The molecule has 0 spiro atoms. The number of hydrogen-bond donors (Lipinski definition) is 0. The molecule has 118 valence electrons. The van der Waals surface area contributed by atoms with Crippen LogP contribution in [0.25, 0.3) is 27.8 Å². The SMILES string of the molecule is COc1nc2ccccc2cc1-c1cc(C)cnc1-n1cnnc1. The molecule has 0 aliphatic heterocycles. The van der Waals surface area contributed by atoms with Crippen LogP contribution in [0.3, 0.4) is 0 Å². The summed E-state index contributed by atoms with van der Waals surface area (Å²) in [7, 11) is 1.63. The first-order chi connectivity index (χ1) is 11.8. The van der Waals surface area contributed by atoms with E-state index in [1.807, 2.05) is 37.4 Å². The third-order valence-corrected chi connectivity index (χ3v) is 3.84. The largest absolute Gasteiger partial charge is 0.481 e. The monoisotopic (exact) mass is 317 g/mol. The fourth-order valence-electron chi connectivity index (χ4n) is 2.72. The fraction of sp³-hybridized carbons (Fsp3) is 0.111. The average Bonchev–Trinajstić information content (AvgIpc) is 3.15. The number of hydrogen-bond acceptors (Lipinski definition) is 5. The van der Waals surface area contributed by atoms with Crippen molar-refractivity contribution >= 4 is 10.9 Å². The van der Waals surface area contributed by atoms with Crippen LogP contribution in [-0.2, 0) is 0 Å². The predicted molar refractivity (Wildman–Crippen MR) is 91.2 cm³/mol. The van der Waals surface area contributed by atoms with Gasteiger partial charge in [0.05, 0.1) is 12.6 Å². The smallest absolute Gasteiger partial charge is 0.221 e. The highest BCUT2D eigenvalue weighted by Crippen LogP contribution is 2.34.